The molecular formula is C13H15ClN4O. The second-order valence-electron chi connectivity index (χ2n) is 4.01. The predicted molar refractivity (Wildman–Crippen MR) is 75.2 cm³/mol. The topological polar surface area (TPSA) is 59.0 Å². The maximum absolute atomic E-state index is 11.7. The summed E-state index contributed by atoms with van der Waals surface area (Å²) in [5.41, 5.74) is 0.630. The van der Waals surface area contributed by atoms with Gasteiger partial charge in [0.25, 0.3) is 0 Å². The lowest BCUT2D eigenvalue weighted by Gasteiger charge is -2.08. The van der Waals surface area contributed by atoms with Crippen LogP contribution in [0.15, 0.2) is 43.0 Å². The molecule has 0 atom stereocenters. The maximum Gasteiger partial charge on any atom is 0.238 e. The van der Waals surface area contributed by atoms with Crippen molar-refractivity contribution in [3.05, 3.63) is 48.0 Å². The quantitative estimate of drug-likeness (QED) is 0.792. The number of hydrogen-bond donors (Lipinski definition) is 2. The molecule has 2 aromatic rings. The number of aromatic nitrogens is 2. The van der Waals surface area contributed by atoms with Crippen LogP contribution < -0.4 is 10.6 Å². The fourth-order valence-electron chi connectivity index (χ4n) is 1.59. The number of carbonyl (C=O) groups is 1. The average Bonchev–Trinajstić information content (AvgIpc) is 2.91. The number of nitrogens with zero attached hydrogens (tertiary/aromatic N) is 2. The molecule has 0 spiro atoms. The molecule has 0 bridgehead atoms. The zero-order valence-corrected chi connectivity index (χ0v) is 11.1. The van der Waals surface area contributed by atoms with Crippen LogP contribution in [0.1, 0.15) is 0 Å². The van der Waals surface area contributed by atoms with Gasteiger partial charge < -0.3 is 15.2 Å². The number of imidazole rings is 1. The van der Waals surface area contributed by atoms with E-state index in [1.165, 1.54) is 0 Å². The molecule has 2 N–H and O–H groups in total. The molecule has 5 nitrogen and oxygen atoms in total. The van der Waals surface area contributed by atoms with E-state index in [2.05, 4.69) is 15.6 Å². The van der Waals surface area contributed by atoms with Gasteiger partial charge in [-0.1, -0.05) is 23.7 Å². The lowest BCUT2D eigenvalue weighted by molar-refractivity contribution is -0.115. The van der Waals surface area contributed by atoms with Crippen molar-refractivity contribution in [2.24, 2.45) is 0 Å². The van der Waals surface area contributed by atoms with Crippen LogP contribution in [-0.4, -0.2) is 28.5 Å². The third-order valence-electron chi connectivity index (χ3n) is 2.54. The van der Waals surface area contributed by atoms with Gasteiger partial charge in [0.2, 0.25) is 5.91 Å². The van der Waals surface area contributed by atoms with Crippen LogP contribution in [0.4, 0.5) is 5.69 Å². The van der Waals surface area contributed by atoms with Crippen LogP contribution in [0.25, 0.3) is 0 Å². The molecule has 100 valence electrons. The van der Waals surface area contributed by atoms with E-state index in [1.54, 1.807) is 24.7 Å². The summed E-state index contributed by atoms with van der Waals surface area (Å²) in [5, 5.41) is 6.35. The van der Waals surface area contributed by atoms with Crippen LogP contribution >= 0.6 is 11.6 Å². The summed E-state index contributed by atoms with van der Waals surface area (Å²) in [6.07, 6.45) is 5.35. The Bertz CT molecular complexity index is 527. The molecule has 0 radical (unpaired) electrons. The van der Waals surface area contributed by atoms with Crippen LogP contribution in [0.3, 0.4) is 0 Å². The van der Waals surface area contributed by atoms with Gasteiger partial charge >= 0.3 is 0 Å². The number of carbonyl (C=O) groups excluding carboxylic acids is 1. The van der Waals surface area contributed by atoms with E-state index in [9.17, 15) is 4.79 Å². The summed E-state index contributed by atoms with van der Waals surface area (Å²) in [6.45, 7) is 1.73. The Balaban J connectivity index is 1.69. The third-order valence-corrected chi connectivity index (χ3v) is 2.87. The van der Waals surface area contributed by atoms with E-state index in [0.29, 0.717) is 17.3 Å². The SMILES string of the molecule is O=C(CNCCn1ccnc1)Nc1ccccc1Cl. The largest absolute Gasteiger partial charge is 0.336 e. The van der Waals surface area contributed by atoms with Crippen molar-refractivity contribution in [3.63, 3.8) is 0 Å². The first-order valence-electron chi connectivity index (χ1n) is 5.96. The zero-order valence-electron chi connectivity index (χ0n) is 10.3. The molecule has 0 aliphatic carbocycles. The van der Waals surface area contributed by atoms with Crippen LogP contribution in [-0.2, 0) is 11.3 Å². The normalized spacial score (nSPS) is 10.4. The van der Waals surface area contributed by atoms with Gasteiger partial charge in [0, 0.05) is 25.5 Å². The fourth-order valence-corrected chi connectivity index (χ4v) is 1.77. The lowest BCUT2D eigenvalue weighted by atomic mass is 10.3. The second kappa shape index (κ2) is 6.92. The van der Waals surface area contributed by atoms with Crippen molar-refractivity contribution in [2.75, 3.05) is 18.4 Å². The minimum absolute atomic E-state index is 0.112. The van der Waals surface area contributed by atoms with Crippen LogP contribution in [0.5, 0.6) is 0 Å². The van der Waals surface area contributed by atoms with E-state index in [-0.39, 0.29) is 12.5 Å². The first-order valence-corrected chi connectivity index (χ1v) is 6.34. The highest BCUT2D eigenvalue weighted by molar-refractivity contribution is 6.33. The maximum atomic E-state index is 11.7. The van der Waals surface area contributed by atoms with Gasteiger partial charge in [-0.25, -0.2) is 4.98 Å². The fraction of sp³-hybridized carbons (Fsp3) is 0.231. The summed E-state index contributed by atoms with van der Waals surface area (Å²) in [6, 6.07) is 7.16. The van der Waals surface area contributed by atoms with Gasteiger partial charge in [-0.3, -0.25) is 4.79 Å². The zero-order chi connectivity index (χ0) is 13.5. The Kier molecular flexibility index (Phi) is 4.94. The Labute approximate surface area is 116 Å². The molecule has 2 rings (SSSR count). The smallest absolute Gasteiger partial charge is 0.238 e. The van der Waals surface area contributed by atoms with Gasteiger partial charge in [0.15, 0.2) is 0 Å². The van der Waals surface area contributed by atoms with E-state index >= 15 is 0 Å². The number of nitrogens with one attached hydrogen (secondary N) is 2. The molecule has 19 heavy (non-hydrogen) atoms. The Morgan fingerprint density at radius 1 is 1.37 bits per heavy atom. The molecule has 1 aromatic carbocycles. The van der Waals surface area contributed by atoms with E-state index in [4.69, 9.17) is 11.6 Å². The molecule has 0 unspecified atom stereocenters. The molecule has 6 heteroatoms. The van der Waals surface area contributed by atoms with Gasteiger partial charge in [0.1, 0.15) is 0 Å². The minimum Gasteiger partial charge on any atom is -0.336 e. The molecule has 1 heterocycles. The summed E-state index contributed by atoms with van der Waals surface area (Å²) in [4.78, 5) is 15.6. The molecule has 0 aliphatic heterocycles. The molecule has 0 fully saturated rings. The van der Waals surface area contributed by atoms with Gasteiger partial charge in [-0.2, -0.15) is 0 Å². The highest BCUT2D eigenvalue weighted by Crippen LogP contribution is 2.19. The van der Waals surface area contributed by atoms with Crippen molar-refractivity contribution < 1.29 is 4.79 Å². The molecule has 0 saturated heterocycles. The first kappa shape index (κ1) is 13.6. The Morgan fingerprint density at radius 3 is 2.95 bits per heavy atom. The van der Waals surface area contributed by atoms with Crippen molar-refractivity contribution in [3.8, 4) is 0 Å². The lowest BCUT2D eigenvalue weighted by Crippen LogP contribution is -2.30. The van der Waals surface area contributed by atoms with Gasteiger partial charge in [-0.15, -0.1) is 0 Å². The van der Waals surface area contributed by atoms with Crippen molar-refractivity contribution in [1.82, 2.24) is 14.9 Å². The Hall–Kier alpha value is -1.85. The third kappa shape index (κ3) is 4.39. The molecule has 0 saturated carbocycles. The van der Waals surface area contributed by atoms with Gasteiger partial charge in [-0.05, 0) is 12.1 Å². The molecule has 1 amide bonds. The average molecular weight is 279 g/mol. The summed E-state index contributed by atoms with van der Waals surface area (Å²) in [5.74, 6) is -0.112. The first-order chi connectivity index (χ1) is 9.25. The van der Waals surface area contributed by atoms with Gasteiger partial charge in [0.05, 0.1) is 23.6 Å². The van der Waals surface area contributed by atoms with Crippen LogP contribution in [0, 0.1) is 0 Å². The number of amides is 1. The number of rotatable bonds is 6. The highest BCUT2D eigenvalue weighted by Gasteiger charge is 2.04. The highest BCUT2D eigenvalue weighted by atomic mass is 35.5. The van der Waals surface area contributed by atoms with Crippen molar-refractivity contribution >= 4 is 23.2 Å². The molecule has 1 aromatic heterocycles. The molecule has 0 aliphatic rings. The number of anilines is 1. The number of benzene rings is 1. The van der Waals surface area contributed by atoms with E-state index in [1.807, 2.05) is 22.9 Å². The Morgan fingerprint density at radius 2 is 2.21 bits per heavy atom. The number of halogens is 1. The summed E-state index contributed by atoms with van der Waals surface area (Å²) >= 11 is 5.95. The van der Waals surface area contributed by atoms with E-state index in [0.717, 1.165) is 6.54 Å². The monoisotopic (exact) mass is 278 g/mol. The van der Waals surface area contributed by atoms with Crippen molar-refractivity contribution in [1.29, 1.82) is 0 Å². The summed E-state index contributed by atoms with van der Waals surface area (Å²) in [7, 11) is 0. The van der Waals surface area contributed by atoms with Crippen LogP contribution in [0.2, 0.25) is 5.02 Å². The number of hydrogen-bond acceptors (Lipinski definition) is 3. The van der Waals surface area contributed by atoms with E-state index < -0.39 is 0 Å². The standard InChI is InChI=1S/C13H15ClN4O/c14-11-3-1-2-4-12(11)17-13(19)9-15-5-7-18-8-6-16-10-18/h1-4,6,8,10,15H,5,7,9H2,(H,17,19). The predicted octanol–water partition coefficient (Wildman–Crippen LogP) is 1.76. The summed E-state index contributed by atoms with van der Waals surface area (Å²) < 4.78 is 1.94. The minimum atomic E-state index is -0.112. The number of para-hydroxylation sites is 1. The second-order valence-corrected chi connectivity index (χ2v) is 4.41. The van der Waals surface area contributed by atoms with Crippen molar-refractivity contribution in [2.45, 2.75) is 6.54 Å². The molecular weight excluding hydrogens is 264 g/mol.